The van der Waals surface area contributed by atoms with E-state index in [-0.39, 0.29) is 0 Å². The Morgan fingerprint density at radius 3 is 2.67 bits per heavy atom. The van der Waals surface area contributed by atoms with Crippen LogP contribution in [0.4, 0.5) is 0 Å². The summed E-state index contributed by atoms with van der Waals surface area (Å²) in [7, 11) is 0. The first-order valence-electron chi connectivity index (χ1n) is 6.26. The summed E-state index contributed by atoms with van der Waals surface area (Å²) < 4.78 is 11.1. The van der Waals surface area contributed by atoms with Crippen LogP contribution >= 0.6 is 0 Å². The van der Waals surface area contributed by atoms with Gasteiger partial charge < -0.3 is 14.5 Å². The van der Waals surface area contributed by atoms with Gasteiger partial charge in [-0.05, 0) is 32.0 Å². The van der Waals surface area contributed by atoms with Crippen molar-refractivity contribution in [2.24, 2.45) is 0 Å². The smallest absolute Gasteiger partial charge is 0.123 e. The molecule has 0 aliphatic carbocycles. The van der Waals surface area contributed by atoms with Crippen LogP contribution < -0.4 is 10.1 Å². The van der Waals surface area contributed by atoms with Gasteiger partial charge in [-0.2, -0.15) is 0 Å². The van der Waals surface area contributed by atoms with Crippen molar-refractivity contribution in [1.82, 2.24) is 5.32 Å². The summed E-state index contributed by atoms with van der Waals surface area (Å²) in [6, 6.07) is 12.1. The molecule has 2 rings (SSSR count). The average Bonchev–Trinajstić information content (AvgIpc) is 2.78. The van der Waals surface area contributed by atoms with Gasteiger partial charge in [0, 0.05) is 12.1 Å². The molecule has 1 aromatic carbocycles. The number of hydrogen-bond donors (Lipinski definition) is 1. The first kappa shape index (κ1) is 12.7. The van der Waals surface area contributed by atoms with E-state index in [1.165, 1.54) is 5.56 Å². The van der Waals surface area contributed by atoms with Crippen molar-refractivity contribution >= 4 is 0 Å². The summed E-state index contributed by atoms with van der Waals surface area (Å²) in [5.74, 6) is 2.85. The molecule has 96 valence electrons. The molecule has 0 amide bonds. The van der Waals surface area contributed by atoms with Crippen molar-refractivity contribution in [3.63, 3.8) is 0 Å². The van der Waals surface area contributed by atoms with Gasteiger partial charge in [-0.1, -0.05) is 18.2 Å². The lowest BCUT2D eigenvalue weighted by Crippen LogP contribution is -2.13. The van der Waals surface area contributed by atoms with Crippen molar-refractivity contribution in [3.05, 3.63) is 53.5 Å². The quantitative estimate of drug-likeness (QED) is 0.848. The second-order valence-electron chi connectivity index (χ2n) is 4.16. The maximum absolute atomic E-state index is 5.58. The number of ether oxygens (including phenoxy) is 1. The number of benzene rings is 1. The van der Waals surface area contributed by atoms with Crippen molar-refractivity contribution in [2.75, 3.05) is 6.61 Å². The van der Waals surface area contributed by atoms with Gasteiger partial charge >= 0.3 is 0 Å². The first-order valence-corrected chi connectivity index (χ1v) is 6.26. The molecule has 3 heteroatoms. The zero-order chi connectivity index (χ0) is 12.8. The molecular formula is C15H19NO2. The highest BCUT2D eigenvalue weighted by Gasteiger charge is 2.03. The van der Waals surface area contributed by atoms with Crippen LogP contribution in [-0.2, 0) is 13.1 Å². The van der Waals surface area contributed by atoms with E-state index in [2.05, 4.69) is 11.4 Å². The molecule has 0 unspecified atom stereocenters. The van der Waals surface area contributed by atoms with Gasteiger partial charge in [0.05, 0.1) is 13.2 Å². The highest BCUT2D eigenvalue weighted by molar-refractivity contribution is 5.33. The maximum Gasteiger partial charge on any atom is 0.123 e. The minimum absolute atomic E-state index is 0.689. The molecule has 18 heavy (non-hydrogen) atoms. The molecule has 0 atom stereocenters. The standard InChI is InChI=1S/C15H19NO2/c1-3-17-15-7-5-4-6-13(15)10-16-11-14-9-8-12(2)18-14/h4-9,16H,3,10-11H2,1-2H3. The van der Waals surface area contributed by atoms with Crippen LogP contribution in [0, 0.1) is 6.92 Å². The maximum atomic E-state index is 5.58. The highest BCUT2D eigenvalue weighted by atomic mass is 16.5. The molecule has 0 radical (unpaired) electrons. The zero-order valence-electron chi connectivity index (χ0n) is 10.9. The van der Waals surface area contributed by atoms with Crippen LogP contribution in [0.25, 0.3) is 0 Å². The third kappa shape index (κ3) is 3.37. The number of furan rings is 1. The van der Waals surface area contributed by atoms with Crippen LogP contribution in [0.2, 0.25) is 0 Å². The third-order valence-corrected chi connectivity index (χ3v) is 2.68. The summed E-state index contributed by atoms with van der Waals surface area (Å²) in [4.78, 5) is 0. The molecule has 0 aliphatic heterocycles. The topological polar surface area (TPSA) is 34.4 Å². The second kappa shape index (κ2) is 6.26. The van der Waals surface area contributed by atoms with E-state index in [4.69, 9.17) is 9.15 Å². The van der Waals surface area contributed by atoms with Crippen molar-refractivity contribution in [1.29, 1.82) is 0 Å². The fourth-order valence-electron chi connectivity index (χ4n) is 1.85. The molecule has 1 aromatic heterocycles. The van der Waals surface area contributed by atoms with Crippen LogP contribution in [0.1, 0.15) is 24.0 Å². The van der Waals surface area contributed by atoms with E-state index in [0.717, 1.165) is 30.4 Å². The first-order chi connectivity index (χ1) is 8.79. The fourth-order valence-corrected chi connectivity index (χ4v) is 1.85. The van der Waals surface area contributed by atoms with Crippen molar-refractivity contribution in [3.8, 4) is 5.75 Å². The normalized spacial score (nSPS) is 10.6. The number of nitrogens with one attached hydrogen (secondary N) is 1. The molecule has 0 spiro atoms. The monoisotopic (exact) mass is 245 g/mol. The second-order valence-corrected chi connectivity index (χ2v) is 4.16. The summed E-state index contributed by atoms with van der Waals surface area (Å²) in [5, 5.41) is 3.36. The molecular weight excluding hydrogens is 226 g/mol. The number of rotatable bonds is 6. The van der Waals surface area contributed by atoms with Gasteiger partial charge in [-0.3, -0.25) is 0 Å². The summed E-state index contributed by atoms with van der Waals surface area (Å²) in [6.07, 6.45) is 0. The molecule has 0 saturated carbocycles. The Kier molecular flexibility index (Phi) is 4.42. The molecule has 0 aliphatic rings. The van der Waals surface area contributed by atoms with Gasteiger partial charge in [0.2, 0.25) is 0 Å². The molecule has 2 aromatic rings. The summed E-state index contributed by atoms with van der Waals surface area (Å²) in [6.45, 7) is 6.14. The third-order valence-electron chi connectivity index (χ3n) is 2.68. The lowest BCUT2D eigenvalue weighted by Gasteiger charge is -2.10. The van der Waals surface area contributed by atoms with E-state index in [1.807, 2.05) is 44.2 Å². The van der Waals surface area contributed by atoms with Crippen molar-refractivity contribution < 1.29 is 9.15 Å². The minimum Gasteiger partial charge on any atom is -0.494 e. The van der Waals surface area contributed by atoms with E-state index >= 15 is 0 Å². The number of hydrogen-bond acceptors (Lipinski definition) is 3. The van der Waals surface area contributed by atoms with Gasteiger partial charge in [0.25, 0.3) is 0 Å². The van der Waals surface area contributed by atoms with Crippen LogP contribution in [0.3, 0.4) is 0 Å². The predicted molar refractivity (Wildman–Crippen MR) is 71.6 cm³/mol. The largest absolute Gasteiger partial charge is 0.494 e. The summed E-state index contributed by atoms with van der Waals surface area (Å²) in [5.41, 5.74) is 1.17. The Hall–Kier alpha value is -1.74. The Morgan fingerprint density at radius 2 is 1.94 bits per heavy atom. The van der Waals surface area contributed by atoms with Crippen LogP contribution in [0.5, 0.6) is 5.75 Å². The fraction of sp³-hybridized carbons (Fsp3) is 0.333. The van der Waals surface area contributed by atoms with Gasteiger partial charge in [0.1, 0.15) is 17.3 Å². The van der Waals surface area contributed by atoms with Crippen molar-refractivity contribution in [2.45, 2.75) is 26.9 Å². The molecule has 0 bridgehead atoms. The Labute approximate surface area is 108 Å². The Bertz CT molecular complexity index is 491. The van der Waals surface area contributed by atoms with E-state index in [1.54, 1.807) is 0 Å². The van der Waals surface area contributed by atoms with E-state index in [9.17, 15) is 0 Å². The number of aryl methyl sites for hydroxylation is 1. The molecule has 0 saturated heterocycles. The zero-order valence-corrected chi connectivity index (χ0v) is 10.9. The molecule has 0 fully saturated rings. The van der Waals surface area contributed by atoms with Gasteiger partial charge in [0.15, 0.2) is 0 Å². The SMILES string of the molecule is CCOc1ccccc1CNCc1ccc(C)o1. The number of para-hydroxylation sites is 1. The van der Waals surface area contributed by atoms with Crippen LogP contribution in [-0.4, -0.2) is 6.61 Å². The summed E-state index contributed by atoms with van der Waals surface area (Å²) >= 11 is 0. The predicted octanol–water partition coefficient (Wildman–Crippen LogP) is 3.28. The van der Waals surface area contributed by atoms with E-state index < -0.39 is 0 Å². The average molecular weight is 245 g/mol. The van der Waals surface area contributed by atoms with E-state index in [0.29, 0.717) is 6.61 Å². The lowest BCUT2D eigenvalue weighted by molar-refractivity contribution is 0.335. The Balaban J connectivity index is 1.89. The van der Waals surface area contributed by atoms with Crippen LogP contribution in [0.15, 0.2) is 40.8 Å². The molecule has 1 N–H and O–H groups in total. The highest BCUT2D eigenvalue weighted by Crippen LogP contribution is 2.17. The van der Waals surface area contributed by atoms with Gasteiger partial charge in [-0.15, -0.1) is 0 Å². The van der Waals surface area contributed by atoms with Gasteiger partial charge in [-0.25, -0.2) is 0 Å². The molecule has 1 heterocycles. The lowest BCUT2D eigenvalue weighted by atomic mass is 10.2. The minimum atomic E-state index is 0.689. The Morgan fingerprint density at radius 1 is 1.11 bits per heavy atom. The molecule has 3 nitrogen and oxygen atoms in total.